The highest BCUT2D eigenvalue weighted by atomic mass is 32.1. The van der Waals surface area contributed by atoms with Gasteiger partial charge in [-0.2, -0.15) is 0 Å². The summed E-state index contributed by atoms with van der Waals surface area (Å²) in [6.07, 6.45) is 5.53. The Balaban J connectivity index is 1.99. The first-order chi connectivity index (χ1) is 8.03. The summed E-state index contributed by atoms with van der Waals surface area (Å²) in [5.41, 5.74) is 0.324. The average molecular weight is 252 g/mol. The van der Waals surface area contributed by atoms with Crippen LogP contribution in [0, 0.1) is 11.3 Å². The molecule has 0 saturated heterocycles. The molecule has 2 rings (SSSR count). The van der Waals surface area contributed by atoms with Crippen LogP contribution >= 0.6 is 11.3 Å². The Kier molecular flexibility index (Phi) is 3.94. The van der Waals surface area contributed by atoms with E-state index in [0.29, 0.717) is 11.3 Å². The minimum Gasteiger partial charge on any atom is -0.392 e. The predicted molar refractivity (Wildman–Crippen MR) is 74.5 cm³/mol. The van der Waals surface area contributed by atoms with Gasteiger partial charge < -0.3 is 5.11 Å². The minimum atomic E-state index is -0.157. The molecule has 1 saturated carbocycles. The number of rotatable bonds is 4. The maximum atomic E-state index is 10.4. The first-order valence-electron chi connectivity index (χ1n) is 6.78. The van der Waals surface area contributed by atoms with Crippen LogP contribution in [0.1, 0.15) is 49.8 Å². The minimum absolute atomic E-state index is 0.157. The zero-order chi connectivity index (χ0) is 12.5. The molecule has 1 aliphatic rings. The molecule has 0 amide bonds. The molecular formula is C15H24OS. The highest BCUT2D eigenvalue weighted by Crippen LogP contribution is 2.45. The first kappa shape index (κ1) is 13.1. The zero-order valence-corrected chi connectivity index (χ0v) is 12.0. The largest absolute Gasteiger partial charge is 0.392 e. The lowest BCUT2D eigenvalue weighted by molar-refractivity contribution is 0.0548. The first-order valence-corrected chi connectivity index (χ1v) is 7.60. The summed E-state index contributed by atoms with van der Waals surface area (Å²) in [5, 5.41) is 10.4. The second kappa shape index (κ2) is 5.11. The molecule has 0 bridgehead atoms. The van der Waals surface area contributed by atoms with Gasteiger partial charge >= 0.3 is 0 Å². The Bertz CT molecular complexity index is 367. The number of aliphatic hydroxyl groups is 1. The molecule has 0 aliphatic heterocycles. The molecular weight excluding hydrogens is 228 g/mol. The SMILES string of the molecule is CCc1ccc(CC(O)C2CCCC2(C)C)s1. The van der Waals surface area contributed by atoms with Crippen molar-refractivity contribution in [3.63, 3.8) is 0 Å². The van der Waals surface area contributed by atoms with Gasteiger partial charge in [0.05, 0.1) is 6.10 Å². The van der Waals surface area contributed by atoms with Crippen LogP contribution in [0.3, 0.4) is 0 Å². The number of thiophene rings is 1. The second-order valence-electron chi connectivity index (χ2n) is 5.98. The fourth-order valence-corrected chi connectivity index (χ4v) is 4.14. The number of hydrogen-bond donors (Lipinski definition) is 1. The summed E-state index contributed by atoms with van der Waals surface area (Å²) >= 11 is 1.86. The van der Waals surface area contributed by atoms with Crippen molar-refractivity contribution in [2.75, 3.05) is 0 Å². The van der Waals surface area contributed by atoms with Crippen molar-refractivity contribution in [2.24, 2.45) is 11.3 Å². The lowest BCUT2D eigenvalue weighted by Crippen LogP contribution is -2.31. The normalized spacial score (nSPS) is 25.1. The van der Waals surface area contributed by atoms with E-state index in [2.05, 4.69) is 32.9 Å². The summed E-state index contributed by atoms with van der Waals surface area (Å²) in [7, 11) is 0. The molecule has 2 atom stereocenters. The molecule has 1 fully saturated rings. The molecule has 1 aliphatic carbocycles. The summed E-state index contributed by atoms with van der Waals surface area (Å²) < 4.78 is 0. The van der Waals surface area contributed by atoms with Crippen LogP contribution < -0.4 is 0 Å². The van der Waals surface area contributed by atoms with Gasteiger partial charge in [0.1, 0.15) is 0 Å². The third kappa shape index (κ3) is 2.92. The van der Waals surface area contributed by atoms with Gasteiger partial charge in [-0.05, 0) is 42.7 Å². The van der Waals surface area contributed by atoms with Crippen LogP contribution in [-0.2, 0) is 12.8 Å². The van der Waals surface area contributed by atoms with E-state index in [4.69, 9.17) is 0 Å². The summed E-state index contributed by atoms with van der Waals surface area (Å²) in [6.45, 7) is 6.80. The molecule has 0 spiro atoms. The van der Waals surface area contributed by atoms with Crippen molar-refractivity contribution in [3.05, 3.63) is 21.9 Å². The van der Waals surface area contributed by atoms with Crippen LogP contribution in [0.2, 0.25) is 0 Å². The summed E-state index contributed by atoms with van der Waals surface area (Å²) in [4.78, 5) is 2.77. The van der Waals surface area contributed by atoms with Crippen LogP contribution in [-0.4, -0.2) is 11.2 Å². The number of hydrogen-bond acceptors (Lipinski definition) is 2. The van der Waals surface area contributed by atoms with Crippen molar-refractivity contribution in [3.8, 4) is 0 Å². The molecule has 96 valence electrons. The van der Waals surface area contributed by atoms with Gasteiger partial charge in [-0.15, -0.1) is 11.3 Å². The van der Waals surface area contributed by atoms with Crippen LogP contribution in [0.15, 0.2) is 12.1 Å². The fourth-order valence-electron chi connectivity index (χ4n) is 3.14. The van der Waals surface area contributed by atoms with Crippen molar-refractivity contribution in [1.29, 1.82) is 0 Å². The van der Waals surface area contributed by atoms with Gasteiger partial charge in [0.15, 0.2) is 0 Å². The van der Waals surface area contributed by atoms with Crippen LogP contribution in [0.5, 0.6) is 0 Å². The molecule has 1 aromatic heterocycles. The van der Waals surface area contributed by atoms with Gasteiger partial charge in [0.25, 0.3) is 0 Å². The Hall–Kier alpha value is -0.340. The lowest BCUT2D eigenvalue weighted by Gasteiger charge is -2.31. The fraction of sp³-hybridized carbons (Fsp3) is 0.733. The van der Waals surface area contributed by atoms with E-state index >= 15 is 0 Å². The standard InChI is InChI=1S/C15H24OS/c1-4-11-7-8-12(17-11)10-14(16)13-6-5-9-15(13,2)3/h7-8,13-14,16H,4-6,9-10H2,1-3H3. The molecule has 1 aromatic rings. The van der Waals surface area contributed by atoms with Crippen LogP contribution in [0.25, 0.3) is 0 Å². The number of aliphatic hydroxyl groups excluding tert-OH is 1. The molecule has 1 nitrogen and oxygen atoms in total. The maximum Gasteiger partial charge on any atom is 0.0621 e. The van der Waals surface area contributed by atoms with Crippen molar-refractivity contribution in [2.45, 2.75) is 59.0 Å². The quantitative estimate of drug-likeness (QED) is 0.857. The van der Waals surface area contributed by atoms with Gasteiger partial charge in [0.2, 0.25) is 0 Å². The Morgan fingerprint density at radius 2 is 2.12 bits per heavy atom. The lowest BCUT2D eigenvalue weighted by atomic mass is 9.78. The van der Waals surface area contributed by atoms with E-state index in [1.807, 2.05) is 11.3 Å². The van der Waals surface area contributed by atoms with E-state index in [9.17, 15) is 5.11 Å². The topological polar surface area (TPSA) is 20.2 Å². The van der Waals surface area contributed by atoms with Gasteiger partial charge in [0, 0.05) is 16.2 Å². The summed E-state index contributed by atoms with van der Waals surface area (Å²) in [5.74, 6) is 0.481. The van der Waals surface area contributed by atoms with E-state index < -0.39 is 0 Å². The monoisotopic (exact) mass is 252 g/mol. The van der Waals surface area contributed by atoms with Gasteiger partial charge in [-0.1, -0.05) is 27.2 Å². The maximum absolute atomic E-state index is 10.4. The zero-order valence-electron chi connectivity index (χ0n) is 11.2. The molecule has 0 aromatic carbocycles. The van der Waals surface area contributed by atoms with Crippen molar-refractivity contribution in [1.82, 2.24) is 0 Å². The number of aryl methyl sites for hydroxylation is 1. The molecule has 2 heteroatoms. The second-order valence-corrected chi connectivity index (χ2v) is 7.23. The van der Waals surface area contributed by atoms with E-state index in [-0.39, 0.29) is 6.10 Å². The Labute approximate surface area is 109 Å². The van der Waals surface area contributed by atoms with Crippen molar-refractivity contribution < 1.29 is 5.11 Å². The Morgan fingerprint density at radius 1 is 1.41 bits per heavy atom. The molecule has 2 unspecified atom stereocenters. The third-order valence-corrected chi connectivity index (χ3v) is 5.53. The van der Waals surface area contributed by atoms with Crippen LogP contribution in [0.4, 0.5) is 0 Å². The van der Waals surface area contributed by atoms with E-state index in [1.54, 1.807) is 0 Å². The molecule has 0 radical (unpaired) electrons. The van der Waals surface area contributed by atoms with Gasteiger partial charge in [-0.3, -0.25) is 0 Å². The van der Waals surface area contributed by atoms with E-state index in [0.717, 1.165) is 12.8 Å². The third-order valence-electron chi connectivity index (χ3n) is 4.28. The van der Waals surface area contributed by atoms with Gasteiger partial charge in [-0.25, -0.2) is 0 Å². The van der Waals surface area contributed by atoms with Crippen molar-refractivity contribution >= 4 is 11.3 Å². The molecule has 1 heterocycles. The average Bonchev–Trinajstić information content (AvgIpc) is 2.84. The predicted octanol–water partition coefficient (Wildman–Crippen LogP) is 4.04. The molecule has 1 N–H and O–H groups in total. The molecule has 17 heavy (non-hydrogen) atoms. The highest BCUT2D eigenvalue weighted by molar-refractivity contribution is 7.11. The summed E-state index contributed by atoms with van der Waals surface area (Å²) in [6, 6.07) is 4.39. The smallest absolute Gasteiger partial charge is 0.0621 e. The Morgan fingerprint density at radius 3 is 2.65 bits per heavy atom. The highest BCUT2D eigenvalue weighted by Gasteiger charge is 2.38. The van der Waals surface area contributed by atoms with E-state index in [1.165, 1.54) is 29.0 Å².